The predicted molar refractivity (Wildman–Crippen MR) is 145 cm³/mol. The third kappa shape index (κ3) is 3.73. The van der Waals surface area contributed by atoms with Gasteiger partial charge in [0.2, 0.25) is 0 Å². The van der Waals surface area contributed by atoms with Gasteiger partial charge in [-0.15, -0.1) is 0 Å². The zero-order valence-corrected chi connectivity index (χ0v) is 20.7. The topological polar surface area (TPSA) is 43.2 Å². The number of fused-ring (bicyclic) bond motifs is 2. The summed E-state index contributed by atoms with van der Waals surface area (Å²) >= 11 is 0. The van der Waals surface area contributed by atoms with Crippen LogP contribution in [0.3, 0.4) is 0 Å². The maximum absolute atomic E-state index is 6.17. The molecule has 4 aromatic carbocycles. The van der Waals surface area contributed by atoms with Gasteiger partial charge in [-0.25, -0.2) is 9.67 Å². The lowest BCUT2D eigenvalue weighted by atomic mass is 9.89. The summed E-state index contributed by atoms with van der Waals surface area (Å²) in [5, 5.41) is 4.95. The van der Waals surface area contributed by atoms with Crippen molar-refractivity contribution < 1.29 is 4.74 Å². The number of nitrogens with zero attached hydrogens (tertiary/aromatic N) is 4. The molecule has 178 valence electrons. The van der Waals surface area contributed by atoms with Crippen molar-refractivity contribution in [3.05, 3.63) is 109 Å². The second kappa shape index (κ2) is 8.68. The standard InChI is InChI=1S/C31H28N4O/c1-4-31(2,3)30-32-29(35(33-30)24-12-6-5-7-13-24)22-18-20-23(21-19-22)34-25-14-8-10-16-27(25)36-28-17-11-9-15-26(28)34/h5-21H,4H2,1-3H3. The molecule has 0 spiro atoms. The van der Waals surface area contributed by atoms with E-state index in [1.54, 1.807) is 0 Å². The van der Waals surface area contributed by atoms with Crippen molar-refractivity contribution in [2.24, 2.45) is 0 Å². The number of hydrogen-bond acceptors (Lipinski definition) is 4. The van der Waals surface area contributed by atoms with Crippen LogP contribution in [-0.2, 0) is 5.41 Å². The summed E-state index contributed by atoms with van der Waals surface area (Å²) in [5.41, 5.74) is 4.99. The van der Waals surface area contributed by atoms with Crippen LogP contribution in [0.4, 0.5) is 17.1 Å². The SMILES string of the molecule is CCC(C)(C)c1nc(-c2ccc(N3c4ccccc4Oc4ccccc43)cc2)n(-c2ccccc2)n1. The molecule has 0 atom stereocenters. The molecule has 2 heterocycles. The van der Waals surface area contributed by atoms with Gasteiger partial charge in [-0.1, -0.05) is 63.2 Å². The third-order valence-electron chi connectivity index (χ3n) is 6.91. The minimum Gasteiger partial charge on any atom is -0.453 e. The predicted octanol–water partition coefficient (Wildman–Crippen LogP) is 8.20. The van der Waals surface area contributed by atoms with Crippen LogP contribution >= 0.6 is 0 Å². The Hall–Kier alpha value is -4.38. The normalized spacial score (nSPS) is 12.6. The van der Waals surface area contributed by atoms with Gasteiger partial charge in [0.15, 0.2) is 23.1 Å². The van der Waals surface area contributed by atoms with Gasteiger partial charge >= 0.3 is 0 Å². The zero-order valence-electron chi connectivity index (χ0n) is 20.7. The molecule has 6 rings (SSSR count). The van der Waals surface area contributed by atoms with Gasteiger partial charge in [0.25, 0.3) is 0 Å². The molecule has 0 bridgehead atoms. The number of benzene rings is 4. The first-order valence-electron chi connectivity index (χ1n) is 12.3. The number of anilines is 3. The Morgan fingerprint density at radius 3 is 1.89 bits per heavy atom. The summed E-state index contributed by atoms with van der Waals surface area (Å²) in [7, 11) is 0. The first kappa shape index (κ1) is 22.1. The summed E-state index contributed by atoms with van der Waals surface area (Å²) < 4.78 is 8.13. The number of para-hydroxylation sites is 5. The molecule has 0 aliphatic carbocycles. The Labute approximate surface area is 211 Å². The number of hydrogen-bond donors (Lipinski definition) is 0. The molecule has 1 aromatic heterocycles. The molecule has 1 aliphatic rings. The molecule has 0 saturated heterocycles. The molecular weight excluding hydrogens is 444 g/mol. The van der Waals surface area contributed by atoms with Gasteiger partial charge in [-0.05, 0) is 67.1 Å². The van der Waals surface area contributed by atoms with E-state index >= 15 is 0 Å². The number of rotatable bonds is 5. The minimum atomic E-state index is -0.115. The van der Waals surface area contributed by atoms with Gasteiger partial charge < -0.3 is 9.64 Å². The van der Waals surface area contributed by atoms with Crippen molar-refractivity contribution in [3.63, 3.8) is 0 Å². The fraction of sp³-hybridized carbons (Fsp3) is 0.161. The van der Waals surface area contributed by atoms with Gasteiger partial charge in [-0.3, -0.25) is 0 Å². The summed E-state index contributed by atoms with van der Waals surface area (Å²) in [6.07, 6.45) is 0.958. The summed E-state index contributed by atoms with van der Waals surface area (Å²) in [6.45, 7) is 6.56. The molecule has 5 nitrogen and oxygen atoms in total. The first-order chi connectivity index (χ1) is 17.5. The Morgan fingerprint density at radius 2 is 1.28 bits per heavy atom. The van der Waals surface area contributed by atoms with Crippen LogP contribution in [-0.4, -0.2) is 14.8 Å². The lowest BCUT2D eigenvalue weighted by Crippen LogP contribution is -2.18. The summed E-state index contributed by atoms with van der Waals surface area (Å²) in [5.74, 6) is 3.38. The Kier molecular flexibility index (Phi) is 5.33. The van der Waals surface area contributed by atoms with Gasteiger partial charge in [0, 0.05) is 16.7 Å². The molecule has 0 saturated carbocycles. The Morgan fingerprint density at radius 1 is 0.694 bits per heavy atom. The lowest BCUT2D eigenvalue weighted by molar-refractivity contribution is 0.472. The molecule has 1 aliphatic heterocycles. The largest absolute Gasteiger partial charge is 0.453 e. The fourth-order valence-electron chi connectivity index (χ4n) is 4.44. The van der Waals surface area contributed by atoms with E-state index in [2.05, 4.69) is 74.2 Å². The molecule has 0 amide bonds. The van der Waals surface area contributed by atoms with Crippen molar-refractivity contribution in [3.8, 4) is 28.6 Å². The molecule has 5 heteroatoms. The van der Waals surface area contributed by atoms with E-state index in [0.29, 0.717) is 0 Å². The molecule has 5 aromatic rings. The smallest absolute Gasteiger partial charge is 0.163 e. The maximum atomic E-state index is 6.17. The second-order valence-corrected chi connectivity index (χ2v) is 9.66. The van der Waals surface area contributed by atoms with Gasteiger partial charge in [0.05, 0.1) is 17.1 Å². The van der Waals surface area contributed by atoms with Crippen LogP contribution in [0.25, 0.3) is 17.1 Å². The van der Waals surface area contributed by atoms with E-state index in [4.69, 9.17) is 14.8 Å². The Bertz CT molecular complexity index is 1470. The lowest BCUT2D eigenvalue weighted by Gasteiger charge is -2.32. The highest BCUT2D eigenvalue weighted by atomic mass is 16.5. The van der Waals surface area contributed by atoms with Crippen LogP contribution in [0.1, 0.15) is 33.0 Å². The van der Waals surface area contributed by atoms with E-state index in [1.165, 1.54) is 0 Å². The minimum absolute atomic E-state index is 0.115. The van der Waals surface area contributed by atoms with Crippen molar-refractivity contribution in [1.82, 2.24) is 14.8 Å². The van der Waals surface area contributed by atoms with E-state index in [1.807, 2.05) is 59.3 Å². The highest BCUT2D eigenvalue weighted by Gasteiger charge is 2.27. The molecule has 0 N–H and O–H groups in total. The van der Waals surface area contributed by atoms with Crippen LogP contribution in [0.2, 0.25) is 0 Å². The van der Waals surface area contributed by atoms with Crippen molar-refractivity contribution >= 4 is 17.1 Å². The average Bonchev–Trinajstić information content (AvgIpc) is 3.39. The van der Waals surface area contributed by atoms with E-state index in [-0.39, 0.29) is 5.41 Å². The second-order valence-electron chi connectivity index (χ2n) is 9.66. The average molecular weight is 473 g/mol. The number of aromatic nitrogens is 3. The van der Waals surface area contributed by atoms with E-state index in [0.717, 1.165) is 57.9 Å². The molecule has 36 heavy (non-hydrogen) atoms. The highest BCUT2D eigenvalue weighted by molar-refractivity contribution is 5.86. The number of ether oxygens (including phenoxy) is 1. The van der Waals surface area contributed by atoms with E-state index in [9.17, 15) is 0 Å². The first-order valence-corrected chi connectivity index (χ1v) is 12.3. The summed E-state index contributed by atoms with van der Waals surface area (Å²) in [6, 6.07) is 35.0. The molecule has 0 fully saturated rings. The van der Waals surface area contributed by atoms with Crippen LogP contribution in [0, 0.1) is 0 Å². The van der Waals surface area contributed by atoms with Crippen LogP contribution in [0.15, 0.2) is 103 Å². The highest BCUT2D eigenvalue weighted by Crippen LogP contribution is 2.50. The van der Waals surface area contributed by atoms with Crippen LogP contribution < -0.4 is 9.64 Å². The quantitative estimate of drug-likeness (QED) is 0.254. The monoisotopic (exact) mass is 472 g/mol. The molecule has 0 radical (unpaired) electrons. The van der Waals surface area contributed by atoms with Gasteiger partial charge in [0.1, 0.15) is 0 Å². The van der Waals surface area contributed by atoms with Crippen molar-refractivity contribution in [2.45, 2.75) is 32.6 Å². The molecular formula is C31H28N4O. The zero-order chi connectivity index (χ0) is 24.7. The van der Waals surface area contributed by atoms with Crippen molar-refractivity contribution in [1.29, 1.82) is 0 Å². The summed E-state index contributed by atoms with van der Waals surface area (Å²) in [4.78, 5) is 7.27. The third-order valence-corrected chi connectivity index (χ3v) is 6.91. The molecule has 0 unspecified atom stereocenters. The fourth-order valence-corrected chi connectivity index (χ4v) is 4.44. The Balaban J connectivity index is 1.45. The van der Waals surface area contributed by atoms with E-state index < -0.39 is 0 Å². The van der Waals surface area contributed by atoms with Crippen LogP contribution in [0.5, 0.6) is 11.5 Å². The maximum Gasteiger partial charge on any atom is 0.163 e. The van der Waals surface area contributed by atoms with Crippen molar-refractivity contribution in [2.75, 3.05) is 4.90 Å². The van der Waals surface area contributed by atoms with Gasteiger partial charge in [-0.2, -0.15) is 5.10 Å².